The summed E-state index contributed by atoms with van der Waals surface area (Å²) in [5.74, 6) is -0.602. The summed E-state index contributed by atoms with van der Waals surface area (Å²) < 4.78 is 31.1. The predicted molar refractivity (Wildman–Crippen MR) is 75.7 cm³/mol. The van der Waals surface area contributed by atoms with Gasteiger partial charge in [-0.05, 0) is 36.8 Å². The Morgan fingerprint density at radius 2 is 2.00 bits per heavy atom. The van der Waals surface area contributed by atoms with E-state index in [0.29, 0.717) is 17.6 Å². The fraction of sp³-hybridized carbons (Fsp3) is 0.455. The first-order valence-electron chi connectivity index (χ1n) is 6.64. The quantitative estimate of drug-likeness (QED) is 0.253. The van der Waals surface area contributed by atoms with E-state index in [0.717, 1.165) is 0 Å². The van der Waals surface area contributed by atoms with E-state index in [-0.39, 0.29) is 71.6 Å². The molecule has 1 heterocycles. The molecule has 0 fully saturated rings. The molecule has 0 radical (unpaired) electrons. The van der Waals surface area contributed by atoms with Gasteiger partial charge >= 0.3 is 72.6 Å². The molecule has 3 atom stereocenters. The topological polar surface area (TPSA) is 174 Å². The van der Waals surface area contributed by atoms with Crippen LogP contribution in [0.3, 0.4) is 0 Å². The molecule has 0 spiro atoms. The Hall–Kier alpha value is 0.680. The van der Waals surface area contributed by atoms with E-state index in [2.05, 4.69) is 13.8 Å². The molecule has 11 nitrogen and oxygen atoms in total. The van der Waals surface area contributed by atoms with Crippen molar-refractivity contribution in [2.75, 3.05) is 6.61 Å². The molecule has 26 heavy (non-hydrogen) atoms. The molecule has 1 aliphatic rings. The molecule has 1 aromatic heterocycles. The number of phosphoric ester groups is 1. The number of allylic oxidation sites excluding steroid dienone is 1. The van der Waals surface area contributed by atoms with E-state index < -0.39 is 33.8 Å². The maximum absolute atomic E-state index is 11.8. The molecule has 0 amide bonds. The molecular weight excluding hydrogens is 412 g/mol. The third-order valence-electron chi connectivity index (χ3n) is 3.28. The second kappa shape index (κ2) is 10.5. The van der Waals surface area contributed by atoms with Gasteiger partial charge in [-0.3, -0.25) is 13.7 Å². The van der Waals surface area contributed by atoms with Crippen molar-refractivity contribution in [1.29, 1.82) is 0 Å². The van der Waals surface area contributed by atoms with E-state index in [9.17, 15) is 23.9 Å². The second-order valence-corrected chi connectivity index (χ2v) is 7.95. The van der Waals surface area contributed by atoms with Gasteiger partial charge in [0.2, 0.25) is 0 Å². The normalized spacial score (nSPS) is 20.9. The van der Waals surface area contributed by atoms with Crippen molar-refractivity contribution in [2.45, 2.75) is 25.8 Å². The Labute approximate surface area is 192 Å². The average molecular weight is 426 g/mol. The van der Waals surface area contributed by atoms with Gasteiger partial charge < -0.3 is 19.8 Å². The molecular formula is C11H14N2Na2O9P2. The Kier molecular flexibility index (Phi) is 10.7. The number of hydrogen-bond acceptors (Lipinski definition) is 8. The first-order valence-corrected chi connectivity index (χ1v) is 9.63. The number of hydrogen-bond donors (Lipinski definition) is 2. The Balaban J connectivity index is 0.00000312. The zero-order chi connectivity index (χ0) is 18.1. The fourth-order valence-corrected chi connectivity index (χ4v) is 3.79. The van der Waals surface area contributed by atoms with Crippen LogP contribution in [0.5, 0.6) is 5.88 Å². The number of rotatable bonds is 6. The summed E-state index contributed by atoms with van der Waals surface area (Å²) in [5, 5.41) is 11.3. The summed E-state index contributed by atoms with van der Waals surface area (Å²) in [5.41, 5.74) is 0.129. The van der Waals surface area contributed by atoms with Gasteiger partial charge in [0.1, 0.15) is 0 Å². The molecule has 1 aromatic rings. The first-order chi connectivity index (χ1) is 11.0. The number of aromatic nitrogens is 2. The van der Waals surface area contributed by atoms with Gasteiger partial charge in [-0.15, -0.1) is 0 Å². The third kappa shape index (κ3) is 7.97. The molecule has 0 bridgehead atoms. The van der Waals surface area contributed by atoms with Crippen LogP contribution < -0.4 is 74.8 Å². The summed E-state index contributed by atoms with van der Waals surface area (Å²) in [6.07, 6.45) is 3.70. The molecule has 0 aromatic carbocycles. The minimum atomic E-state index is -5.42. The van der Waals surface area contributed by atoms with Crippen LogP contribution in [0.4, 0.5) is 0 Å². The van der Waals surface area contributed by atoms with Crippen LogP contribution in [0.2, 0.25) is 0 Å². The van der Waals surface area contributed by atoms with Crippen molar-refractivity contribution in [3.63, 3.8) is 0 Å². The summed E-state index contributed by atoms with van der Waals surface area (Å²) in [6, 6.07) is -0.342. The van der Waals surface area contributed by atoms with Gasteiger partial charge in [-0.25, -0.2) is 18.7 Å². The molecule has 2 N–H and O–H groups in total. The van der Waals surface area contributed by atoms with Crippen molar-refractivity contribution >= 4 is 15.6 Å². The third-order valence-corrected chi connectivity index (χ3v) is 5.38. The van der Waals surface area contributed by atoms with Crippen LogP contribution in [-0.4, -0.2) is 25.9 Å². The average Bonchev–Trinajstić information content (AvgIpc) is 2.87. The SMILES string of the molecule is Cc1cn([C@H]2CC=C(COP(=O)(O)OP(=O)([O-])O)C2)c(=O)nc1[O-].[Na+].[Na+]. The summed E-state index contributed by atoms with van der Waals surface area (Å²) >= 11 is 0. The Morgan fingerprint density at radius 3 is 2.58 bits per heavy atom. The molecule has 1 aliphatic carbocycles. The van der Waals surface area contributed by atoms with Crippen LogP contribution in [0.15, 0.2) is 22.6 Å². The molecule has 2 rings (SSSR count). The maximum atomic E-state index is 11.8. The molecule has 0 saturated carbocycles. The van der Waals surface area contributed by atoms with Gasteiger partial charge in [-0.1, -0.05) is 6.08 Å². The smallest absolute Gasteiger partial charge is 0.858 e. The van der Waals surface area contributed by atoms with Crippen LogP contribution in [-0.2, 0) is 18.0 Å². The second-order valence-electron chi connectivity index (χ2n) is 5.17. The zero-order valence-corrected chi connectivity index (χ0v) is 20.2. The number of aryl methyl sites for hydroxylation is 1. The summed E-state index contributed by atoms with van der Waals surface area (Å²) in [4.78, 5) is 43.1. The fourth-order valence-electron chi connectivity index (χ4n) is 2.23. The van der Waals surface area contributed by atoms with Crippen molar-refractivity contribution in [3.05, 3.63) is 33.9 Å². The molecule has 134 valence electrons. The Bertz CT molecular complexity index is 822. The van der Waals surface area contributed by atoms with Gasteiger partial charge in [0.15, 0.2) is 0 Å². The van der Waals surface area contributed by atoms with Crippen molar-refractivity contribution in [2.24, 2.45) is 0 Å². The van der Waals surface area contributed by atoms with Crippen molar-refractivity contribution in [3.8, 4) is 5.88 Å². The van der Waals surface area contributed by atoms with Crippen molar-refractivity contribution < 1.29 is 96.9 Å². The predicted octanol–water partition coefficient (Wildman–Crippen LogP) is -6.51. The van der Waals surface area contributed by atoms with E-state index in [1.54, 1.807) is 6.08 Å². The van der Waals surface area contributed by atoms with Crippen LogP contribution >= 0.6 is 15.6 Å². The first kappa shape index (κ1) is 26.7. The van der Waals surface area contributed by atoms with Crippen LogP contribution in [0.1, 0.15) is 24.4 Å². The monoisotopic (exact) mass is 426 g/mol. The molecule has 0 saturated heterocycles. The maximum Gasteiger partial charge on any atom is 1.00 e. The summed E-state index contributed by atoms with van der Waals surface area (Å²) in [6.45, 7) is 1.10. The molecule has 15 heteroatoms. The standard InChI is InChI=1S/C11H16N2O9P2.2Na/c1-7-5-13(11(15)12-10(7)14)9-3-2-8(4-9)6-21-24(19,20)22-23(16,17)18;;/h2,5,9H,3-4,6H2,1H3,(H,19,20)(H,12,14,15)(H2,16,17,18);;/q;2*+1/p-2/t9-;;/m0../s1. The minimum absolute atomic E-state index is 0. The summed E-state index contributed by atoms with van der Waals surface area (Å²) in [7, 11) is -10.4. The van der Waals surface area contributed by atoms with Gasteiger partial charge in [0.05, 0.1) is 6.61 Å². The van der Waals surface area contributed by atoms with Crippen molar-refractivity contribution in [1.82, 2.24) is 9.55 Å². The van der Waals surface area contributed by atoms with E-state index in [1.807, 2.05) is 0 Å². The largest absolute Gasteiger partial charge is 1.00 e. The zero-order valence-electron chi connectivity index (χ0n) is 14.4. The van der Waals surface area contributed by atoms with E-state index in [1.165, 1.54) is 17.7 Å². The molecule has 0 aliphatic heterocycles. The molecule has 2 unspecified atom stereocenters. The van der Waals surface area contributed by atoms with Crippen LogP contribution in [0, 0.1) is 6.92 Å². The van der Waals surface area contributed by atoms with E-state index in [4.69, 9.17) is 9.79 Å². The van der Waals surface area contributed by atoms with Gasteiger partial charge in [0.25, 0.3) is 7.82 Å². The van der Waals surface area contributed by atoms with Crippen LogP contribution in [0.25, 0.3) is 0 Å². The van der Waals surface area contributed by atoms with E-state index >= 15 is 0 Å². The minimum Gasteiger partial charge on any atom is -0.858 e. The number of nitrogens with zero attached hydrogens (tertiary/aromatic N) is 2. The number of phosphoric acid groups is 2. The van der Waals surface area contributed by atoms with Gasteiger partial charge in [0, 0.05) is 12.2 Å². The Morgan fingerprint density at radius 1 is 1.38 bits per heavy atom. The van der Waals surface area contributed by atoms with Gasteiger partial charge in [-0.2, -0.15) is 0 Å².